The summed E-state index contributed by atoms with van der Waals surface area (Å²) in [5.74, 6) is -3.85. The molecule has 266 valence electrons. The van der Waals surface area contributed by atoms with Crippen LogP contribution in [0.1, 0.15) is 73.3 Å². The molecule has 1 aromatic rings. The Labute approximate surface area is 285 Å². The fourth-order valence-electron chi connectivity index (χ4n) is 6.83. The van der Waals surface area contributed by atoms with Gasteiger partial charge in [0.15, 0.2) is 6.10 Å². The summed E-state index contributed by atoms with van der Waals surface area (Å²) in [6.45, 7) is 13.3. The molecule has 0 unspecified atom stereocenters. The number of cyclic esters (lactones) is 1. The van der Waals surface area contributed by atoms with Gasteiger partial charge in [-0.15, -0.1) is 0 Å². The van der Waals surface area contributed by atoms with Crippen LogP contribution in [-0.2, 0) is 39.9 Å². The van der Waals surface area contributed by atoms with E-state index < -0.39 is 59.9 Å². The predicted molar refractivity (Wildman–Crippen MR) is 181 cm³/mol. The highest BCUT2D eigenvalue weighted by Gasteiger charge is 2.44. The third kappa shape index (κ3) is 9.35. The van der Waals surface area contributed by atoms with Crippen molar-refractivity contribution in [2.45, 2.75) is 104 Å². The van der Waals surface area contributed by atoms with Gasteiger partial charge in [0.05, 0.1) is 0 Å². The fraction of sp³-hybridized carbons (Fsp3) is 0.667. The zero-order chi connectivity index (χ0) is 35.9. The number of ether oxygens (including phenoxy) is 1. The number of likely N-dealkylation sites (N-methyl/N-ethyl adjacent to an activating group) is 2. The van der Waals surface area contributed by atoms with Crippen LogP contribution < -0.4 is 10.6 Å². The molecule has 0 spiro atoms. The Morgan fingerprint density at radius 2 is 1.44 bits per heavy atom. The first-order valence-corrected chi connectivity index (χ1v) is 17.2. The van der Waals surface area contributed by atoms with Gasteiger partial charge in [-0.25, -0.2) is 4.79 Å². The number of hydrogen-bond donors (Lipinski definition) is 2. The number of rotatable bonds is 6. The van der Waals surface area contributed by atoms with Crippen molar-refractivity contribution in [3.05, 3.63) is 35.9 Å². The van der Waals surface area contributed by atoms with Gasteiger partial charge in [0.25, 0.3) is 5.91 Å². The number of esters is 1. The van der Waals surface area contributed by atoms with Crippen molar-refractivity contribution in [3.63, 3.8) is 0 Å². The molecule has 0 aliphatic carbocycles. The van der Waals surface area contributed by atoms with Crippen molar-refractivity contribution in [2.24, 2.45) is 23.7 Å². The SMILES string of the molecule is CC(C)C[C@H]1OC(=O)[C@@H]2[C@H](C)CCN2C(=O)CCNC(=O)[C@@H](Cc2ccccc2)NC(=O)[C@@H](C(C)C)N(C)C(=O)[C@@H](C(C)C)N(C)C1=O. The number of fused-ring (bicyclic) bond motifs is 1. The van der Waals surface area contributed by atoms with E-state index in [1.807, 2.05) is 78.8 Å². The van der Waals surface area contributed by atoms with E-state index >= 15 is 0 Å². The Morgan fingerprint density at radius 3 is 2.02 bits per heavy atom. The molecule has 2 aliphatic heterocycles. The van der Waals surface area contributed by atoms with Crippen molar-refractivity contribution in [3.8, 4) is 0 Å². The first-order chi connectivity index (χ1) is 22.5. The monoisotopic (exact) mass is 669 g/mol. The van der Waals surface area contributed by atoms with Gasteiger partial charge >= 0.3 is 5.97 Å². The molecule has 2 aliphatic rings. The smallest absolute Gasteiger partial charge is 0.329 e. The summed E-state index contributed by atoms with van der Waals surface area (Å²) in [5, 5.41) is 5.68. The molecule has 2 fully saturated rings. The van der Waals surface area contributed by atoms with E-state index in [-0.39, 0.29) is 55.4 Å². The largest absolute Gasteiger partial charge is 0.451 e. The van der Waals surface area contributed by atoms with Crippen molar-refractivity contribution >= 4 is 35.5 Å². The van der Waals surface area contributed by atoms with Gasteiger partial charge in [0.1, 0.15) is 24.2 Å². The lowest BCUT2D eigenvalue weighted by molar-refractivity contribution is -0.169. The molecule has 2 heterocycles. The molecular formula is C36H55N5O7. The molecule has 0 radical (unpaired) electrons. The zero-order valence-corrected chi connectivity index (χ0v) is 30.0. The maximum atomic E-state index is 14.2. The van der Waals surface area contributed by atoms with Gasteiger partial charge in [0.2, 0.25) is 23.6 Å². The molecule has 6 atom stereocenters. The van der Waals surface area contributed by atoms with Crippen molar-refractivity contribution in [1.82, 2.24) is 25.3 Å². The van der Waals surface area contributed by atoms with Crippen molar-refractivity contribution in [2.75, 3.05) is 27.2 Å². The van der Waals surface area contributed by atoms with Gasteiger partial charge in [-0.3, -0.25) is 24.0 Å². The maximum Gasteiger partial charge on any atom is 0.329 e. The summed E-state index contributed by atoms with van der Waals surface area (Å²) in [6, 6.07) is 5.44. The summed E-state index contributed by atoms with van der Waals surface area (Å²) in [5.41, 5.74) is 0.821. The Balaban J connectivity index is 2.07. The quantitative estimate of drug-likeness (QED) is 0.443. The van der Waals surface area contributed by atoms with E-state index in [1.165, 1.54) is 28.8 Å². The summed E-state index contributed by atoms with van der Waals surface area (Å²) in [7, 11) is 3.05. The molecule has 5 amide bonds. The first-order valence-electron chi connectivity index (χ1n) is 17.2. The van der Waals surface area contributed by atoms with Crippen LogP contribution in [0.4, 0.5) is 0 Å². The average Bonchev–Trinajstić information content (AvgIpc) is 3.40. The van der Waals surface area contributed by atoms with Crippen molar-refractivity contribution in [1.29, 1.82) is 0 Å². The highest BCUT2D eigenvalue weighted by molar-refractivity contribution is 5.95. The van der Waals surface area contributed by atoms with E-state index in [0.717, 1.165) is 5.56 Å². The first kappa shape index (κ1) is 38.5. The number of nitrogens with one attached hydrogen (secondary N) is 2. The normalized spacial score (nSPS) is 27.5. The highest BCUT2D eigenvalue weighted by atomic mass is 16.6. The van der Waals surface area contributed by atoms with E-state index in [0.29, 0.717) is 13.0 Å². The number of benzene rings is 1. The molecule has 0 aromatic heterocycles. The van der Waals surface area contributed by atoms with Gasteiger partial charge in [0, 0.05) is 40.0 Å². The van der Waals surface area contributed by atoms with Crippen LogP contribution in [0.5, 0.6) is 0 Å². The molecule has 0 saturated carbocycles. The Hall–Kier alpha value is -3.96. The predicted octanol–water partition coefficient (Wildman–Crippen LogP) is 2.39. The van der Waals surface area contributed by atoms with E-state index in [4.69, 9.17) is 4.74 Å². The van der Waals surface area contributed by atoms with Crippen LogP contribution in [-0.4, -0.2) is 108 Å². The van der Waals surface area contributed by atoms with Gasteiger partial charge in [-0.1, -0.05) is 78.8 Å². The van der Waals surface area contributed by atoms with Crippen LogP contribution in [0.15, 0.2) is 30.3 Å². The molecule has 12 nitrogen and oxygen atoms in total. The Bertz CT molecular complexity index is 1320. The summed E-state index contributed by atoms with van der Waals surface area (Å²) in [6.07, 6.45) is -0.234. The average molecular weight is 670 g/mol. The molecule has 12 heteroatoms. The minimum absolute atomic E-state index is 0.00715. The lowest BCUT2D eigenvalue weighted by atomic mass is 9.95. The van der Waals surface area contributed by atoms with Gasteiger partial charge in [-0.2, -0.15) is 0 Å². The van der Waals surface area contributed by atoms with Crippen LogP contribution >= 0.6 is 0 Å². The molecule has 0 bridgehead atoms. The van der Waals surface area contributed by atoms with E-state index in [2.05, 4.69) is 10.6 Å². The molecule has 48 heavy (non-hydrogen) atoms. The molecule has 2 saturated heterocycles. The standard InChI is InChI=1S/C36H55N5O7/c1-21(2)19-27-34(45)40(9)30(23(5)6)35(46)39(8)29(22(3)4)33(44)38-26(20-25-13-11-10-12-14-25)32(43)37-17-15-28(42)41-18-16-24(7)31(41)36(47)48-27/h10-14,21-24,26-27,29-31H,15-20H2,1-9H3,(H,37,43)(H,38,44)/t24-,26-,27-,29-,30-,31+/m1/s1. The van der Waals surface area contributed by atoms with Gasteiger partial charge in [-0.05, 0) is 42.1 Å². The second kappa shape index (κ2) is 16.9. The fourth-order valence-corrected chi connectivity index (χ4v) is 6.83. The second-order valence-corrected chi connectivity index (χ2v) is 14.4. The number of hydrogen-bond acceptors (Lipinski definition) is 7. The molecule has 3 rings (SSSR count). The third-order valence-electron chi connectivity index (χ3n) is 9.35. The zero-order valence-electron chi connectivity index (χ0n) is 30.0. The van der Waals surface area contributed by atoms with Crippen LogP contribution in [0.2, 0.25) is 0 Å². The summed E-state index contributed by atoms with van der Waals surface area (Å²) >= 11 is 0. The Kier molecular flexibility index (Phi) is 13.6. The second-order valence-electron chi connectivity index (χ2n) is 14.4. The van der Waals surface area contributed by atoms with Crippen molar-refractivity contribution < 1.29 is 33.5 Å². The lowest BCUT2D eigenvalue weighted by Gasteiger charge is -2.39. The molecular weight excluding hydrogens is 614 g/mol. The number of carbonyl (C=O) groups excluding carboxylic acids is 6. The highest BCUT2D eigenvalue weighted by Crippen LogP contribution is 2.28. The molecule has 2 N–H and O–H groups in total. The number of carbonyl (C=O) groups is 6. The topological polar surface area (TPSA) is 145 Å². The minimum Gasteiger partial charge on any atom is -0.451 e. The van der Waals surface area contributed by atoms with E-state index in [1.54, 1.807) is 0 Å². The number of amides is 5. The van der Waals surface area contributed by atoms with Gasteiger partial charge < -0.3 is 30.1 Å². The Morgan fingerprint density at radius 1 is 0.833 bits per heavy atom. The lowest BCUT2D eigenvalue weighted by Crippen LogP contribution is -2.60. The van der Waals surface area contributed by atoms with E-state index in [9.17, 15) is 28.8 Å². The van der Waals surface area contributed by atoms with Crippen LogP contribution in [0, 0.1) is 23.7 Å². The number of nitrogens with zero attached hydrogens (tertiary/aromatic N) is 3. The summed E-state index contributed by atoms with van der Waals surface area (Å²) < 4.78 is 5.91. The minimum atomic E-state index is -1.17. The maximum absolute atomic E-state index is 14.2. The third-order valence-corrected chi connectivity index (χ3v) is 9.35. The van der Waals surface area contributed by atoms with Crippen LogP contribution in [0.3, 0.4) is 0 Å². The van der Waals surface area contributed by atoms with Crippen LogP contribution in [0.25, 0.3) is 0 Å². The summed E-state index contributed by atoms with van der Waals surface area (Å²) in [4.78, 5) is 87.1. The molecule has 1 aromatic carbocycles.